The lowest BCUT2D eigenvalue weighted by Crippen LogP contribution is -2.37. The van der Waals surface area contributed by atoms with Crippen LogP contribution in [0, 0.1) is 5.82 Å². The number of aliphatic hydroxyl groups excluding tert-OH is 1. The van der Waals surface area contributed by atoms with E-state index in [9.17, 15) is 17.6 Å². The Labute approximate surface area is 110 Å². The molecule has 19 heavy (non-hydrogen) atoms. The predicted molar refractivity (Wildman–Crippen MR) is 64.9 cm³/mol. The van der Waals surface area contributed by atoms with Crippen molar-refractivity contribution < 1.29 is 27.8 Å². The second-order valence-electron chi connectivity index (χ2n) is 4.00. The van der Waals surface area contributed by atoms with Gasteiger partial charge in [-0.2, -0.15) is 4.31 Å². The second-order valence-corrected chi connectivity index (χ2v) is 6.00. The van der Waals surface area contributed by atoms with Crippen LogP contribution in [0.25, 0.3) is 0 Å². The van der Waals surface area contributed by atoms with Crippen LogP contribution in [-0.2, 0) is 10.0 Å². The molecule has 1 unspecified atom stereocenters. The molecule has 2 N–H and O–H groups in total. The van der Waals surface area contributed by atoms with Crippen molar-refractivity contribution in [3.63, 3.8) is 0 Å². The van der Waals surface area contributed by atoms with Crippen molar-refractivity contribution in [3.05, 3.63) is 29.6 Å². The van der Waals surface area contributed by atoms with E-state index in [1.165, 1.54) is 14.0 Å². The molecule has 0 aliphatic rings. The van der Waals surface area contributed by atoms with Crippen molar-refractivity contribution in [1.29, 1.82) is 0 Å². The molecule has 1 aromatic rings. The molecule has 1 aromatic carbocycles. The summed E-state index contributed by atoms with van der Waals surface area (Å²) in [6, 6.07) is 1.85. The molecule has 1 atom stereocenters. The minimum atomic E-state index is -3.98. The zero-order valence-electron chi connectivity index (χ0n) is 10.4. The van der Waals surface area contributed by atoms with Crippen molar-refractivity contribution >= 4 is 16.0 Å². The monoisotopic (exact) mass is 291 g/mol. The number of carboxylic acids is 1. The Morgan fingerprint density at radius 2 is 2.05 bits per heavy atom. The van der Waals surface area contributed by atoms with Crippen molar-refractivity contribution in [2.24, 2.45) is 0 Å². The van der Waals surface area contributed by atoms with E-state index in [1.807, 2.05) is 0 Å². The van der Waals surface area contributed by atoms with Gasteiger partial charge in [-0.25, -0.2) is 17.6 Å². The zero-order valence-corrected chi connectivity index (χ0v) is 11.2. The van der Waals surface area contributed by atoms with Gasteiger partial charge in [0.25, 0.3) is 0 Å². The summed E-state index contributed by atoms with van der Waals surface area (Å²) in [6.45, 7) is 1.10. The van der Waals surface area contributed by atoms with E-state index in [0.717, 1.165) is 22.5 Å². The van der Waals surface area contributed by atoms with E-state index < -0.39 is 33.4 Å². The maximum atomic E-state index is 13.2. The Hall–Kier alpha value is -1.51. The molecule has 0 aliphatic carbocycles. The lowest BCUT2D eigenvalue weighted by molar-refractivity contribution is 0.0691. The highest BCUT2D eigenvalue weighted by Crippen LogP contribution is 2.19. The summed E-state index contributed by atoms with van der Waals surface area (Å²) in [6.07, 6.45) is 0. The van der Waals surface area contributed by atoms with Crippen LogP contribution in [-0.4, -0.2) is 48.6 Å². The average Bonchev–Trinajstić information content (AvgIpc) is 2.36. The first-order chi connectivity index (χ1) is 8.71. The van der Waals surface area contributed by atoms with Gasteiger partial charge in [0.15, 0.2) is 0 Å². The normalized spacial score (nSPS) is 13.5. The summed E-state index contributed by atoms with van der Waals surface area (Å²) in [7, 11) is -2.73. The molecule has 8 heteroatoms. The van der Waals surface area contributed by atoms with Gasteiger partial charge in [0, 0.05) is 13.1 Å². The quantitative estimate of drug-likeness (QED) is 0.825. The molecule has 0 aromatic heterocycles. The van der Waals surface area contributed by atoms with Gasteiger partial charge in [0.2, 0.25) is 10.0 Å². The van der Waals surface area contributed by atoms with Gasteiger partial charge in [0.1, 0.15) is 5.82 Å². The SMILES string of the molecule is CC(CO)N(C)S(=O)(=O)c1ccc(F)c(C(=O)O)c1. The molecular formula is C11H14FNO5S. The summed E-state index contributed by atoms with van der Waals surface area (Å²) < 4.78 is 38.3. The van der Waals surface area contributed by atoms with Gasteiger partial charge in [-0.15, -0.1) is 0 Å². The number of benzene rings is 1. The van der Waals surface area contributed by atoms with Crippen LogP contribution >= 0.6 is 0 Å². The fourth-order valence-corrected chi connectivity index (χ4v) is 2.73. The largest absolute Gasteiger partial charge is 0.478 e. The molecule has 0 saturated carbocycles. The van der Waals surface area contributed by atoms with Crippen molar-refractivity contribution in [2.75, 3.05) is 13.7 Å². The van der Waals surface area contributed by atoms with Gasteiger partial charge in [0.05, 0.1) is 17.1 Å². The Kier molecular flexibility index (Phi) is 4.61. The minimum absolute atomic E-state index is 0.339. The summed E-state index contributed by atoms with van der Waals surface area (Å²) >= 11 is 0. The molecule has 0 heterocycles. The predicted octanol–water partition coefficient (Wildman–Crippen LogP) is 0.525. The van der Waals surface area contributed by atoms with E-state index in [-0.39, 0.29) is 11.5 Å². The number of nitrogens with zero attached hydrogens (tertiary/aromatic N) is 1. The minimum Gasteiger partial charge on any atom is -0.478 e. The summed E-state index contributed by atoms with van der Waals surface area (Å²) in [5, 5.41) is 17.7. The van der Waals surface area contributed by atoms with E-state index in [1.54, 1.807) is 0 Å². The number of hydrogen-bond donors (Lipinski definition) is 2. The smallest absolute Gasteiger partial charge is 0.338 e. The molecule has 0 aliphatic heterocycles. The number of aliphatic hydroxyl groups is 1. The average molecular weight is 291 g/mol. The third-order valence-electron chi connectivity index (χ3n) is 2.73. The molecule has 0 saturated heterocycles. The fourth-order valence-electron chi connectivity index (χ4n) is 1.35. The third-order valence-corrected chi connectivity index (χ3v) is 4.70. The Balaban J connectivity index is 3.30. The van der Waals surface area contributed by atoms with Crippen molar-refractivity contribution in [2.45, 2.75) is 17.9 Å². The zero-order chi connectivity index (χ0) is 14.8. The lowest BCUT2D eigenvalue weighted by Gasteiger charge is -2.22. The second kappa shape index (κ2) is 5.64. The van der Waals surface area contributed by atoms with Crippen LogP contribution in [0.1, 0.15) is 17.3 Å². The van der Waals surface area contributed by atoms with Crippen molar-refractivity contribution in [3.8, 4) is 0 Å². The first-order valence-electron chi connectivity index (χ1n) is 5.33. The van der Waals surface area contributed by atoms with E-state index in [2.05, 4.69) is 0 Å². The van der Waals surface area contributed by atoms with E-state index in [4.69, 9.17) is 10.2 Å². The highest BCUT2D eigenvalue weighted by molar-refractivity contribution is 7.89. The van der Waals surface area contributed by atoms with Crippen LogP contribution < -0.4 is 0 Å². The van der Waals surface area contributed by atoms with Gasteiger partial charge in [-0.3, -0.25) is 0 Å². The fraction of sp³-hybridized carbons (Fsp3) is 0.364. The van der Waals surface area contributed by atoms with Gasteiger partial charge in [-0.1, -0.05) is 0 Å². The summed E-state index contributed by atoms with van der Waals surface area (Å²) in [5.74, 6) is -2.56. The number of rotatable bonds is 5. The Morgan fingerprint density at radius 1 is 1.47 bits per heavy atom. The van der Waals surface area contributed by atoms with Crippen molar-refractivity contribution in [1.82, 2.24) is 4.31 Å². The molecule has 106 valence electrons. The van der Waals surface area contributed by atoms with Crippen LogP contribution in [0.2, 0.25) is 0 Å². The van der Waals surface area contributed by atoms with Gasteiger partial charge < -0.3 is 10.2 Å². The maximum Gasteiger partial charge on any atom is 0.338 e. The molecule has 0 fully saturated rings. The highest BCUT2D eigenvalue weighted by Gasteiger charge is 2.26. The van der Waals surface area contributed by atoms with E-state index in [0.29, 0.717) is 0 Å². The highest BCUT2D eigenvalue weighted by atomic mass is 32.2. The summed E-state index contributed by atoms with van der Waals surface area (Å²) in [4.78, 5) is 10.4. The first-order valence-corrected chi connectivity index (χ1v) is 6.77. The number of halogens is 1. The molecule has 0 radical (unpaired) electrons. The Morgan fingerprint density at radius 3 is 2.53 bits per heavy atom. The summed E-state index contributed by atoms with van der Waals surface area (Å²) in [5.41, 5.74) is -0.717. The topological polar surface area (TPSA) is 94.9 Å². The standard InChI is InChI=1S/C11H14FNO5S/c1-7(6-14)13(2)19(17,18)8-3-4-10(12)9(5-8)11(15)16/h3-5,7,14H,6H2,1-2H3,(H,15,16). The van der Waals surface area contributed by atoms with E-state index >= 15 is 0 Å². The lowest BCUT2D eigenvalue weighted by atomic mass is 10.2. The molecule has 0 bridgehead atoms. The first kappa shape index (κ1) is 15.5. The molecule has 6 nitrogen and oxygen atoms in total. The van der Waals surface area contributed by atoms with Crippen LogP contribution in [0.4, 0.5) is 4.39 Å². The van der Waals surface area contributed by atoms with Crippen LogP contribution in [0.3, 0.4) is 0 Å². The number of sulfonamides is 1. The maximum absolute atomic E-state index is 13.2. The van der Waals surface area contributed by atoms with Gasteiger partial charge in [-0.05, 0) is 25.1 Å². The number of aromatic carboxylic acids is 1. The molecular weight excluding hydrogens is 277 g/mol. The number of carboxylic acid groups (broad SMARTS) is 1. The molecule has 0 spiro atoms. The third kappa shape index (κ3) is 3.09. The molecule has 0 amide bonds. The number of carbonyl (C=O) groups is 1. The number of hydrogen-bond acceptors (Lipinski definition) is 4. The Bertz CT molecular complexity index is 587. The number of likely N-dealkylation sites (N-methyl/N-ethyl adjacent to an activating group) is 1. The van der Waals surface area contributed by atoms with Crippen LogP contribution in [0.15, 0.2) is 23.1 Å². The van der Waals surface area contributed by atoms with Crippen LogP contribution in [0.5, 0.6) is 0 Å². The van der Waals surface area contributed by atoms with Gasteiger partial charge >= 0.3 is 5.97 Å². The molecule has 1 rings (SSSR count).